The third-order valence-electron chi connectivity index (χ3n) is 5.33. The first-order valence-corrected chi connectivity index (χ1v) is 9.58. The molecule has 2 N–H and O–H groups in total. The van der Waals surface area contributed by atoms with Gasteiger partial charge in [0.25, 0.3) is 0 Å². The minimum absolute atomic E-state index is 0.318. The molecule has 0 radical (unpaired) electrons. The highest BCUT2D eigenvalue weighted by atomic mass is 35.5. The number of hydrogen-bond donors (Lipinski definition) is 1. The molecule has 2 aromatic rings. The summed E-state index contributed by atoms with van der Waals surface area (Å²) in [4.78, 5) is 18.6. The smallest absolute Gasteiger partial charge is 0.166 e. The summed E-state index contributed by atoms with van der Waals surface area (Å²) < 4.78 is 11.2. The van der Waals surface area contributed by atoms with Crippen LogP contribution in [0.15, 0.2) is 12.3 Å². The van der Waals surface area contributed by atoms with E-state index in [9.17, 15) is 0 Å². The summed E-state index contributed by atoms with van der Waals surface area (Å²) in [6, 6.07) is 1.96. The number of halogens is 1. The normalized spacial score (nSPS) is 21.9. The Hall–Kier alpha value is -2.16. The molecule has 8 nitrogen and oxygen atoms in total. The maximum Gasteiger partial charge on any atom is 0.166 e. The fourth-order valence-corrected chi connectivity index (χ4v) is 4.23. The van der Waals surface area contributed by atoms with E-state index in [1.165, 1.54) is 5.56 Å². The van der Waals surface area contributed by atoms with E-state index in [1.54, 1.807) is 12.3 Å². The van der Waals surface area contributed by atoms with Gasteiger partial charge in [-0.15, -0.1) is 0 Å². The number of anilines is 3. The zero-order valence-corrected chi connectivity index (χ0v) is 15.7. The van der Waals surface area contributed by atoms with Gasteiger partial charge in [-0.25, -0.2) is 15.0 Å². The summed E-state index contributed by atoms with van der Waals surface area (Å²) in [5.74, 6) is 2.93. The van der Waals surface area contributed by atoms with Gasteiger partial charge in [0.05, 0.1) is 43.1 Å². The van der Waals surface area contributed by atoms with Crippen LogP contribution in [0.4, 0.5) is 17.5 Å². The summed E-state index contributed by atoms with van der Waals surface area (Å²) in [5.41, 5.74) is 7.63. The Morgan fingerprint density at radius 2 is 1.85 bits per heavy atom. The first kappa shape index (κ1) is 17.0. The first-order valence-electron chi connectivity index (χ1n) is 9.20. The molecule has 0 aromatic carbocycles. The van der Waals surface area contributed by atoms with Crippen molar-refractivity contribution in [2.45, 2.75) is 12.5 Å². The Morgan fingerprint density at radius 1 is 1.07 bits per heavy atom. The predicted octanol–water partition coefficient (Wildman–Crippen LogP) is 1.37. The van der Waals surface area contributed by atoms with Crippen LogP contribution in [0.5, 0.6) is 0 Å². The van der Waals surface area contributed by atoms with Gasteiger partial charge in [0, 0.05) is 37.8 Å². The molecule has 3 aliphatic rings. The largest absolute Gasteiger partial charge is 0.384 e. The van der Waals surface area contributed by atoms with Crippen LogP contribution in [-0.2, 0) is 15.9 Å². The molecular weight excluding hydrogens is 368 g/mol. The molecule has 9 heteroatoms. The number of fused-ring (bicyclic) bond motifs is 3. The van der Waals surface area contributed by atoms with E-state index >= 15 is 0 Å². The van der Waals surface area contributed by atoms with E-state index in [-0.39, 0.29) is 0 Å². The molecule has 2 saturated heterocycles. The number of rotatable bonds is 2. The summed E-state index contributed by atoms with van der Waals surface area (Å²) in [7, 11) is 0. The van der Waals surface area contributed by atoms with Gasteiger partial charge in [-0.2, -0.15) is 0 Å². The van der Waals surface area contributed by atoms with Crippen LogP contribution in [0, 0.1) is 0 Å². The standard InChI is InChI=1S/C18H21ClN6O2/c19-14-8-15(20)21-9-13(14)16-22-17(24-1-4-26-5-2-24)12-7-11-10-27-6-3-25(11)18(12)23-16/h8-9,11H,1-7,10H2,(H2,20,21)/t11-/m1/s1. The molecule has 0 bridgehead atoms. The van der Waals surface area contributed by atoms with E-state index in [0.717, 1.165) is 44.3 Å². The van der Waals surface area contributed by atoms with E-state index in [2.05, 4.69) is 14.8 Å². The van der Waals surface area contributed by atoms with E-state index in [4.69, 9.17) is 36.8 Å². The van der Waals surface area contributed by atoms with E-state index in [0.29, 0.717) is 48.1 Å². The average Bonchev–Trinajstić information content (AvgIpc) is 3.07. The van der Waals surface area contributed by atoms with Crippen LogP contribution >= 0.6 is 11.6 Å². The Labute approximate surface area is 162 Å². The number of pyridine rings is 1. The minimum Gasteiger partial charge on any atom is -0.384 e. The van der Waals surface area contributed by atoms with Crippen molar-refractivity contribution < 1.29 is 9.47 Å². The summed E-state index contributed by atoms with van der Waals surface area (Å²) >= 11 is 6.42. The van der Waals surface area contributed by atoms with Crippen LogP contribution in [0.2, 0.25) is 5.02 Å². The maximum atomic E-state index is 6.42. The summed E-state index contributed by atoms with van der Waals surface area (Å²) in [6.45, 7) is 5.31. The molecule has 2 fully saturated rings. The second-order valence-electron chi connectivity index (χ2n) is 6.99. The zero-order chi connectivity index (χ0) is 18.4. The van der Waals surface area contributed by atoms with Crippen LogP contribution in [-0.4, -0.2) is 67.1 Å². The minimum atomic E-state index is 0.318. The SMILES string of the molecule is Nc1cc(Cl)c(-c2nc(N3CCOCC3)c3c(n2)N2CCOC[C@H]2C3)cn1. The van der Waals surface area contributed by atoms with Crippen LogP contribution in [0.1, 0.15) is 5.56 Å². The maximum absolute atomic E-state index is 6.42. The van der Waals surface area contributed by atoms with Crippen LogP contribution < -0.4 is 15.5 Å². The quantitative estimate of drug-likeness (QED) is 0.825. The molecule has 142 valence electrons. The predicted molar refractivity (Wildman–Crippen MR) is 103 cm³/mol. The van der Waals surface area contributed by atoms with Crippen molar-refractivity contribution in [3.05, 3.63) is 22.8 Å². The number of nitrogens with two attached hydrogens (primary N) is 1. The fraction of sp³-hybridized carbons (Fsp3) is 0.500. The third-order valence-corrected chi connectivity index (χ3v) is 5.64. The van der Waals surface area contributed by atoms with Crippen molar-refractivity contribution in [1.82, 2.24) is 15.0 Å². The average molecular weight is 389 g/mol. The zero-order valence-electron chi connectivity index (χ0n) is 14.9. The molecule has 0 unspecified atom stereocenters. The number of ether oxygens (including phenoxy) is 2. The Balaban J connectivity index is 1.64. The lowest BCUT2D eigenvalue weighted by atomic mass is 10.1. The van der Waals surface area contributed by atoms with Gasteiger partial charge >= 0.3 is 0 Å². The van der Waals surface area contributed by atoms with Crippen molar-refractivity contribution in [3.8, 4) is 11.4 Å². The van der Waals surface area contributed by atoms with Gasteiger partial charge < -0.3 is 25.0 Å². The third kappa shape index (κ3) is 2.97. The van der Waals surface area contributed by atoms with E-state index in [1.807, 2.05) is 0 Å². The molecule has 2 aromatic heterocycles. The topological polar surface area (TPSA) is 89.6 Å². The second kappa shape index (κ2) is 6.78. The molecule has 0 amide bonds. The van der Waals surface area contributed by atoms with Crippen molar-refractivity contribution >= 4 is 29.1 Å². The number of morpholine rings is 2. The lowest BCUT2D eigenvalue weighted by molar-refractivity contribution is 0.0973. The highest BCUT2D eigenvalue weighted by molar-refractivity contribution is 6.33. The molecule has 3 aliphatic heterocycles. The van der Waals surface area contributed by atoms with Crippen molar-refractivity contribution in [2.75, 3.05) is 61.6 Å². The number of nitrogens with zero attached hydrogens (tertiary/aromatic N) is 5. The molecule has 27 heavy (non-hydrogen) atoms. The van der Waals surface area contributed by atoms with Crippen molar-refractivity contribution in [2.24, 2.45) is 0 Å². The van der Waals surface area contributed by atoms with E-state index < -0.39 is 0 Å². The highest BCUT2D eigenvalue weighted by Crippen LogP contribution is 2.40. The number of hydrogen-bond acceptors (Lipinski definition) is 8. The molecule has 0 spiro atoms. The Morgan fingerprint density at radius 3 is 2.67 bits per heavy atom. The van der Waals surface area contributed by atoms with Gasteiger partial charge in [0.1, 0.15) is 17.5 Å². The van der Waals surface area contributed by atoms with Gasteiger partial charge in [-0.3, -0.25) is 0 Å². The lowest BCUT2D eigenvalue weighted by Gasteiger charge is -2.31. The molecule has 0 saturated carbocycles. The Bertz CT molecular complexity index is 873. The number of aromatic nitrogens is 3. The first-order chi connectivity index (χ1) is 13.2. The lowest BCUT2D eigenvalue weighted by Crippen LogP contribution is -2.43. The van der Waals surface area contributed by atoms with Gasteiger partial charge in [-0.05, 0) is 6.07 Å². The second-order valence-corrected chi connectivity index (χ2v) is 7.39. The van der Waals surface area contributed by atoms with Crippen LogP contribution in [0.25, 0.3) is 11.4 Å². The van der Waals surface area contributed by atoms with Crippen LogP contribution in [0.3, 0.4) is 0 Å². The summed E-state index contributed by atoms with van der Waals surface area (Å²) in [5, 5.41) is 0.506. The molecule has 5 rings (SSSR count). The Kier molecular flexibility index (Phi) is 4.26. The van der Waals surface area contributed by atoms with Crippen molar-refractivity contribution in [3.63, 3.8) is 0 Å². The fourth-order valence-electron chi connectivity index (χ4n) is 3.99. The monoisotopic (exact) mass is 388 g/mol. The van der Waals surface area contributed by atoms with Gasteiger partial charge in [0.2, 0.25) is 0 Å². The van der Waals surface area contributed by atoms with Gasteiger partial charge in [0.15, 0.2) is 5.82 Å². The molecular formula is C18H21ClN6O2. The highest BCUT2D eigenvalue weighted by Gasteiger charge is 2.37. The molecule has 1 atom stereocenters. The number of nitrogen functional groups attached to an aromatic ring is 1. The van der Waals surface area contributed by atoms with Crippen molar-refractivity contribution in [1.29, 1.82) is 0 Å². The van der Waals surface area contributed by atoms with Gasteiger partial charge in [-0.1, -0.05) is 11.6 Å². The summed E-state index contributed by atoms with van der Waals surface area (Å²) in [6.07, 6.45) is 2.55. The molecule has 0 aliphatic carbocycles. The molecule has 5 heterocycles.